The largest absolute Gasteiger partial charge is 0.480 e. The number of carboxylic acid groups (broad SMARTS) is 1. The van der Waals surface area contributed by atoms with Crippen LogP contribution in [0.2, 0.25) is 0 Å². The van der Waals surface area contributed by atoms with Crippen LogP contribution in [0.4, 0.5) is 4.79 Å². The lowest BCUT2D eigenvalue weighted by molar-refractivity contribution is -0.148. The molecule has 7 nitrogen and oxygen atoms in total. The Hall–Kier alpha value is -2.65. The fourth-order valence-electron chi connectivity index (χ4n) is 4.34. The van der Waals surface area contributed by atoms with Gasteiger partial charge in [0.2, 0.25) is 5.91 Å². The van der Waals surface area contributed by atoms with Crippen molar-refractivity contribution in [2.24, 2.45) is 0 Å². The van der Waals surface area contributed by atoms with Crippen molar-refractivity contribution in [3.63, 3.8) is 0 Å². The van der Waals surface area contributed by atoms with Gasteiger partial charge in [-0.05, 0) is 40.7 Å². The third kappa shape index (κ3) is 4.99. The van der Waals surface area contributed by atoms with Crippen molar-refractivity contribution in [2.45, 2.75) is 24.4 Å². The van der Waals surface area contributed by atoms with Gasteiger partial charge in [0.25, 0.3) is 0 Å². The molecule has 1 unspecified atom stereocenters. The van der Waals surface area contributed by atoms with Crippen LogP contribution in [-0.4, -0.2) is 70.3 Å². The molecule has 1 aliphatic heterocycles. The maximum atomic E-state index is 13.1. The zero-order valence-corrected chi connectivity index (χ0v) is 19.9. The summed E-state index contributed by atoms with van der Waals surface area (Å²) >= 11 is 2.95. The lowest BCUT2D eigenvalue weighted by Gasteiger charge is -2.26. The van der Waals surface area contributed by atoms with E-state index in [1.165, 1.54) is 16.7 Å². The molecule has 0 bridgehead atoms. The Morgan fingerprint density at radius 2 is 1.79 bits per heavy atom. The summed E-state index contributed by atoms with van der Waals surface area (Å²) in [4.78, 5) is 38.6. The van der Waals surface area contributed by atoms with E-state index in [9.17, 15) is 19.5 Å². The van der Waals surface area contributed by atoms with Gasteiger partial charge < -0.3 is 20.1 Å². The molecule has 2 atom stereocenters. The van der Waals surface area contributed by atoms with E-state index in [-0.39, 0.29) is 18.4 Å². The van der Waals surface area contributed by atoms with Crippen molar-refractivity contribution >= 4 is 41.5 Å². The van der Waals surface area contributed by atoms with Crippen LogP contribution in [0.5, 0.6) is 0 Å². The van der Waals surface area contributed by atoms with Gasteiger partial charge in [-0.25, -0.2) is 9.59 Å². The number of carbonyl (C=O) groups is 3. The Labute approximate surface area is 201 Å². The Morgan fingerprint density at radius 3 is 2.39 bits per heavy atom. The molecule has 1 fully saturated rings. The zero-order chi connectivity index (χ0) is 23.4. The number of amides is 2. The average molecular weight is 487 g/mol. The van der Waals surface area contributed by atoms with Crippen molar-refractivity contribution in [1.82, 2.24) is 10.2 Å². The normalized spacial score (nSPS) is 17.8. The van der Waals surface area contributed by atoms with Crippen molar-refractivity contribution in [3.8, 4) is 11.1 Å². The number of ether oxygens (including phenoxy) is 1. The first-order chi connectivity index (χ1) is 16.0. The number of thioether (sulfide) groups is 2. The highest BCUT2D eigenvalue weighted by atomic mass is 32.2. The molecule has 4 rings (SSSR count). The summed E-state index contributed by atoms with van der Waals surface area (Å²) in [5.41, 5.74) is 4.50. The van der Waals surface area contributed by atoms with Crippen molar-refractivity contribution in [1.29, 1.82) is 0 Å². The Bertz CT molecular complexity index is 1000. The maximum absolute atomic E-state index is 13.1. The monoisotopic (exact) mass is 486 g/mol. The van der Waals surface area contributed by atoms with Crippen LogP contribution in [0.3, 0.4) is 0 Å². The molecule has 1 saturated heterocycles. The molecule has 2 aromatic rings. The number of alkyl carbamates (subject to hydrolysis) is 1. The van der Waals surface area contributed by atoms with Crippen molar-refractivity contribution in [2.75, 3.05) is 30.2 Å². The fourth-order valence-corrected chi connectivity index (χ4v) is 5.97. The van der Waals surface area contributed by atoms with Gasteiger partial charge in [-0.2, -0.15) is 11.8 Å². The highest BCUT2D eigenvalue weighted by Gasteiger charge is 2.38. The second-order valence-corrected chi connectivity index (χ2v) is 9.95. The summed E-state index contributed by atoms with van der Waals surface area (Å²) in [5.74, 6) is -0.180. The summed E-state index contributed by atoms with van der Waals surface area (Å²) in [6, 6.07) is 14.5. The topological polar surface area (TPSA) is 95.9 Å². The van der Waals surface area contributed by atoms with Crippen LogP contribution in [-0.2, 0) is 14.3 Å². The number of hydrogen-bond acceptors (Lipinski definition) is 6. The number of benzene rings is 2. The number of rotatable bonds is 8. The number of nitrogens with one attached hydrogen (secondary N) is 1. The molecule has 0 aromatic heterocycles. The minimum atomic E-state index is -1.03. The Morgan fingerprint density at radius 1 is 1.15 bits per heavy atom. The predicted octanol–water partition coefficient (Wildman–Crippen LogP) is 3.63. The molecule has 1 aliphatic carbocycles. The number of aliphatic carboxylic acids is 1. The summed E-state index contributed by atoms with van der Waals surface area (Å²) in [6.07, 6.45) is 1.65. The first-order valence-electron chi connectivity index (χ1n) is 10.7. The zero-order valence-electron chi connectivity index (χ0n) is 18.2. The quantitative estimate of drug-likeness (QED) is 0.588. The van der Waals surface area contributed by atoms with E-state index in [1.54, 1.807) is 11.8 Å². The molecule has 2 amide bonds. The van der Waals surface area contributed by atoms with Gasteiger partial charge in [-0.1, -0.05) is 48.5 Å². The molecule has 174 valence electrons. The predicted molar refractivity (Wildman–Crippen MR) is 131 cm³/mol. The standard InChI is InChI=1S/C24H26N2O5S2/c1-32-11-10-20(22(27)26-14-33-13-21(26)23(28)29)25-24(30)31-12-19-17-8-4-2-6-15(17)16-7-3-5-9-18(16)19/h2-9,19-21H,10-14H2,1H3,(H,25,30)(H,28,29)/t20?,21-/m0/s1. The van der Waals surface area contributed by atoms with E-state index in [1.807, 2.05) is 42.7 Å². The second kappa shape index (κ2) is 10.5. The van der Waals surface area contributed by atoms with E-state index in [0.717, 1.165) is 22.3 Å². The van der Waals surface area contributed by atoms with E-state index in [0.29, 0.717) is 23.8 Å². The highest BCUT2D eigenvalue weighted by Crippen LogP contribution is 2.44. The third-order valence-corrected chi connectivity index (χ3v) is 7.65. The summed E-state index contributed by atoms with van der Waals surface area (Å²) in [7, 11) is 0. The van der Waals surface area contributed by atoms with Gasteiger partial charge in [0.1, 0.15) is 18.7 Å². The van der Waals surface area contributed by atoms with Crippen LogP contribution >= 0.6 is 23.5 Å². The average Bonchev–Trinajstić information content (AvgIpc) is 3.43. The summed E-state index contributed by atoms with van der Waals surface area (Å²) in [6.45, 7) is 0.153. The van der Waals surface area contributed by atoms with Crippen LogP contribution in [0, 0.1) is 0 Å². The first-order valence-corrected chi connectivity index (χ1v) is 13.3. The number of hydrogen-bond donors (Lipinski definition) is 2. The van der Waals surface area contributed by atoms with Gasteiger partial charge in [0, 0.05) is 11.7 Å². The Kier molecular flexibility index (Phi) is 7.49. The molecule has 33 heavy (non-hydrogen) atoms. The lowest BCUT2D eigenvalue weighted by atomic mass is 9.98. The van der Waals surface area contributed by atoms with Crippen LogP contribution in [0.15, 0.2) is 48.5 Å². The van der Waals surface area contributed by atoms with Gasteiger partial charge in [0.05, 0.1) is 5.88 Å². The van der Waals surface area contributed by atoms with Crippen molar-refractivity contribution < 1.29 is 24.2 Å². The van der Waals surface area contributed by atoms with Crippen LogP contribution < -0.4 is 5.32 Å². The van der Waals surface area contributed by atoms with Crippen molar-refractivity contribution in [3.05, 3.63) is 59.7 Å². The molecule has 1 heterocycles. The number of carboxylic acids is 1. The fraction of sp³-hybridized carbons (Fsp3) is 0.375. The second-order valence-electron chi connectivity index (χ2n) is 7.97. The summed E-state index contributed by atoms with van der Waals surface area (Å²) in [5, 5.41) is 12.1. The third-order valence-electron chi connectivity index (χ3n) is 5.99. The molecular formula is C24H26N2O5S2. The van der Waals surface area contributed by atoms with Gasteiger partial charge in [-0.15, -0.1) is 11.8 Å². The molecule has 2 N–H and O–H groups in total. The smallest absolute Gasteiger partial charge is 0.407 e. The molecule has 0 saturated carbocycles. The van der Waals surface area contributed by atoms with Gasteiger partial charge in [0.15, 0.2) is 0 Å². The molecule has 2 aliphatic rings. The molecule has 2 aromatic carbocycles. The van der Waals surface area contributed by atoms with Gasteiger partial charge >= 0.3 is 12.1 Å². The molecule has 0 spiro atoms. The van der Waals surface area contributed by atoms with Crippen LogP contribution in [0.1, 0.15) is 23.5 Å². The SMILES string of the molecule is CSCCC(NC(=O)OCC1c2ccccc2-c2ccccc21)C(=O)N1CSC[C@H]1C(=O)O. The van der Waals surface area contributed by atoms with E-state index < -0.39 is 24.1 Å². The maximum Gasteiger partial charge on any atom is 0.407 e. The van der Waals surface area contributed by atoms with Crippen LogP contribution in [0.25, 0.3) is 11.1 Å². The lowest BCUT2D eigenvalue weighted by Crippen LogP contribution is -2.52. The van der Waals surface area contributed by atoms with E-state index >= 15 is 0 Å². The first kappa shape index (κ1) is 23.5. The molecular weight excluding hydrogens is 460 g/mol. The minimum Gasteiger partial charge on any atom is -0.480 e. The number of carbonyl (C=O) groups excluding carboxylic acids is 2. The number of nitrogens with zero attached hydrogens (tertiary/aromatic N) is 1. The Balaban J connectivity index is 1.43. The highest BCUT2D eigenvalue weighted by molar-refractivity contribution is 7.99. The summed E-state index contributed by atoms with van der Waals surface area (Å²) < 4.78 is 5.59. The van der Waals surface area contributed by atoms with E-state index in [4.69, 9.17) is 4.74 Å². The number of fused-ring (bicyclic) bond motifs is 3. The molecule has 9 heteroatoms. The minimum absolute atomic E-state index is 0.0742. The molecule has 0 radical (unpaired) electrons. The van der Waals surface area contributed by atoms with Gasteiger partial charge in [-0.3, -0.25) is 4.79 Å². The van der Waals surface area contributed by atoms with E-state index in [2.05, 4.69) is 17.4 Å².